The molecule has 0 aliphatic heterocycles. The van der Waals surface area contributed by atoms with Crippen molar-refractivity contribution >= 4 is 27.9 Å². The average molecular weight is 319 g/mol. The van der Waals surface area contributed by atoms with Gasteiger partial charge in [0.05, 0.1) is 6.42 Å². The second-order valence-corrected chi connectivity index (χ2v) is 4.40. The molecular weight excluding hydrogens is 307 g/mol. The van der Waals surface area contributed by atoms with Crippen molar-refractivity contribution in [3.8, 4) is 0 Å². The van der Waals surface area contributed by atoms with E-state index >= 15 is 0 Å². The number of urea groups is 1. The predicted octanol–water partition coefficient (Wildman–Crippen LogP) is 1.86. The first-order valence-electron chi connectivity index (χ1n) is 5.16. The normalized spacial score (nSPS) is 9.89. The van der Waals surface area contributed by atoms with Crippen molar-refractivity contribution in [1.82, 2.24) is 10.6 Å². The standard InChI is InChI=1S/C11H12BrFN2O3/c12-8-1-2-9(13)7(5-8)6-15-11(18)14-4-3-10(16)17/h1-2,5H,3-4,6H2,(H,16,17)(H2,14,15,18). The van der Waals surface area contributed by atoms with Crippen LogP contribution in [-0.4, -0.2) is 23.7 Å². The first kappa shape index (κ1) is 14.4. The Hall–Kier alpha value is -1.63. The lowest BCUT2D eigenvalue weighted by Crippen LogP contribution is -2.36. The molecule has 0 saturated heterocycles. The summed E-state index contributed by atoms with van der Waals surface area (Å²) in [6.45, 7) is 0.0618. The van der Waals surface area contributed by atoms with Gasteiger partial charge in [-0.1, -0.05) is 15.9 Å². The number of hydrogen-bond donors (Lipinski definition) is 3. The molecule has 1 rings (SSSR count). The van der Waals surface area contributed by atoms with Crippen LogP contribution < -0.4 is 10.6 Å². The molecule has 3 N–H and O–H groups in total. The number of rotatable bonds is 5. The highest BCUT2D eigenvalue weighted by atomic mass is 79.9. The fourth-order valence-corrected chi connectivity index (χ4v) is 1.61. The summed E-state index contributed by atoms with van der Waals surface area (Å²) in [5.41, 5.74) is 0.345. The molecule has 0 spiro atoms. The van der Waals surface area contributed by atoms with Gasteiger partial charge in [-0.05, 0) is 18.2 Å². The lowest BCUT2D eigenvalue weighted by Gasteiger charge is -2.07. The Bertz CT molecular complexity index is 454. The zero-order valence-electron chi connectivity index (χ0n) is 9.37. The van der Waals surface area contributed by atoms with Gasteiger partial charge in [0, 0.05) is 23.1 Å². The average Bonchev–Trinajstić information content (AvgIpc) is 2.30. The first-order chi connectivity index (χ1) is 8.49. The van der Waals surface area contributed by atoms with Crippen LogP contribution in [0.5, 0.6) is 0 Å². The van der Waals surface area contributed by atoms with Crippen molar-refractivity contribution < 1.29 is 19.1 Å². The van der Waals surface area contributed by atoms with Gasteiger partial charge < -0.3 is 15.7 Å². The largest absolute Gasteiger partial charge is 0.481 e. The minimum atomic E-state index is -0.992. The van der Waals surface area contributed by atoms with Crippen LogP contribution in [0.1, 0.15) is 12.0 Å². The second-order valence-electron chi connectivity index (χ2n) is 3.49. The van der Waals surface area contributed by atoms with Crippen molar-refractivity contribution in [3.63, 3.8) is 0 Å². The third-order valence-corrected chi connectivity index (χ3v) is 2.56. The molecule has 5 nitrogen and oxygen atoms in total. The van der Waals surface area contributed by atoms with Crippen molar-refractivity contribution in [2.24, 2.45) is 0 Å². The van der Waals surface area contributed by atoms with E-state index in [4.69, 9.17) is 5.11 Å². The fourth-order valence-electron chi connectivity index (χ4n) is 1.20. The highest BCUT2D eigenvalue weighted by Crippen LogP contribution is 2.15. The Morgan fingerprint density at radius 3 is 2.72 bits per heavy atom. The minimum Gasteiger partial charge on any atom is -0.481 e. The van der Waals surface area contributed by atoms with E-state index in [1.165, 1.54) is 6.07 Å². The SMILES string of the molecule is O=C(O)CCNC(=O)NCc1cc(Br)ccc1F. The maximum atomic E-state index is 13.3. The number of nitrogens with one attached hydrogen (secondary N) is 2. The van der Waals surface area contributed by atoms with Gasteiger partial charge in [-0.15, -0.1) is 0 Å². The lowest BCUT2D eigenvalue weighted by atomic mass is 10.2. The highest BCUT2D eigenvalue weighted by Gasteiger charge is 2.05. The van der Waals surface area contributed by atoms with E-state index in [2.05, 4.69) is 26.6 Å². The molecule has 0 aliphatic carbocycles. The molecule has 0 heterocycles. The maximum absolute atomic E-state index is 13.3. The van der Waals surface area contributed by atoms with Crippen LogP contribution in [-0.2, 0) is 11.3 Å². The number of carbonyl (C=O) groups excluding carboxylic acids is 1. The molecule has 0 atom stereocenters. The number of amides is 2. The molecule has 98 valence electrons. The summed E-state index contributed by atoms with van der Waals surface area (Å²) in [4.78, 5) is 21.5. The lowest BCUT2D eigenvalue weighted by molar-refractivity contribution is -0.136. The maximum Gasteiger partial charge on any atom is 0.315 e. The van der Waals surface area contributed by atoms with Crippen LogP contribution in [0.25, 0.3) is 0 Å². The summed E-state index contributed by atoms with van der Waals surface area (Å²) in [5.74, 6) is -1.41. The van der Waals surface area contributed by atoms with E-state index in [1.807, 2.05) is 0 Å². The van der Waals surface area contributed by atoms with Gasteiger partial charge in [-0.3, -0.25) is 4.79 Å². The van der Waals surface area contributed by atoms with E-state index in [0.717, 1.165) is 0 Å². The van der Waals surface area contributed by atoms with Crippen LogP contribution in [0.4, 0.5) is 9.18 Å². The van der Waals surface area contributed by atoms with Crippen molar-refractivity contribution in [2.45, 2.75) is 13.0 Å². The van der Waals surface area contributed by atoms with Gasteiger partial charge in [-0.25, -0.2) is 9.18 Å². The zero-order chi connectivity index (χ0) is 13.5. The van der Waals surface area contributed by atoms with Crippen LogP contribution in [0.15, 0.2) is 22.7 Å². The van der Waals surface area contributed by atoms with Crippen molar-refractivity contribution in [1.29, 1.82) is 0 Å². The molecular formula is C11H12BrFN2O3. The number of carbonyl (C=O) groups is 2. The Morgan fingerprint density at radius 2 is 2.06 bits per heavy atom. The summed E-state index contributed by atoms with van der Waals surface area (Å²) >= 11 is 3.20. The highest BCUT2D eigenvalue weighted by molar-refractivity contribution is 9.10. The monoisotopic (exact) mass is 318 g/mol. The molecule has 0 radical (unpaired) electrons. The van der Waals surface area contributed by atoms with Crippen LogP contribution in [0.3, 0.4) is 0 Å². The quantitative estimate of drug-likeness (QED) is 0.775. The Balaban J connectivity index is 2.38. The Morgan fingerprint density at radius 1 is 1.33 bits per heavy atom. The van der Waals surface area contributed by atoms with Crippen molar-refractivity contribution in [2.75, 3.05) is 6.54 Å². The van der Waals surface area contributed by atoms with Crippen molar-refractivity contribution in [3.05, 3.63) is 34.1 Å². The van der Waals surface area contributed by atoms with E-state index < -0.39 is 17.8 Å². The van der Waals surface area contributed by atoms with Crippen LogP contribution in [0, 0.1) is 5.82 Å². The molecule has 1 aromatic rings. The second kappa shape index (κ2) is 6.95. The number of hydrogen-bond acceptors (Lipinski definition) is 2. The summed E-state index contributed by atoms with van der Waals surface area (Å²) < 4.78 is 14.0. The number of benzene rings is 1. The molecule has 1 aromatic carbocycles. The Labute approximate surface area is 112 Å². The summed E-state index contributed by atoms with van der Waals surface area (Å²) in [5, 5.41) is 13.2. The first-order valence-corrected chi connectivity index (χ1v) is 5.96. The van der Waals surface area contributed by atoms with Gasteiger partial charge in [-0.2, -0.15) is 0 Å². The van der Waals surface area contributed by atoms with Gasteiger partial charge in [0.25, 0.3) is 0 Å². The van der Waals surface area contributed by atoms with E-state index in [1.54, 1.807) is 12.1 Å². The molecule has 0 aliphatic rings. The number of carboxylic acid groups (broad SMARTS) is 1. The summed E-state index contributed by atoms with van der Waals surface area (Å²) in [6, 6.07) is 3.89. The Kier molecular flexibility index (Phi) is 5.57. The minimum absolute atomic E-state index is 0.0299. The molecule has 0 bridgehead atoms. The molecule has 0 saturated carbocycles. The summed E-state index contributed by atoms with van der Waals surface area (Å²) in [7, 11) is 0. The van der Waals surface area contributed by atoms with E-state index in [0.29, 0.717) is 10.0 Å². The number of carboxylic acids is 1. The molecule has 7 heteroatoms. The summed E-state index contributed by atoms with van der Waals surface area (Å²) in [6.07, 6.45) is -0.154. The third-order valence-electron chi connectivity index (χ3n) is 2.07. The molecule has 0 fully saturated rings. The van der Waals surface area contributed by atoms with Gasteiger partial charge >= 0.3 is 12.0 Å². The third kappa shape index (κ3) is 5.13. The smallest absolute Gasteiger partial charge is 0.315 e. The molecule has 0 unspecified atom stereocenters. The topological polar surface area (TPSA) is 78.4 Å². The molecule has 18 heavy (non-hydrogen) atoms. The van der Waals surface area contributed by atoms with Gasteiger partial charge in [0.1, 0.15) is 5.82 Å². The number of halogens is 2. The fraction of sp³-hybridized carbons (Fsp3) is 0.273. The molecule has 0 aromatic heterocycles. The van der Waals surface area contributed by atoms with E-state index in [-0.39, 0.29) is 19.5 Å². The van der Waals surface area contributed by atoms with Gasteiger partial charge in [0.2, 0.25) is 0 Å². The zero-order valence-corrected chi connectivity index (χ0v) is 11.0. The molecule has 2 amide bonds. The predicted molar refractivity (Wildman–Crippen MR) is 66.6 cm³/mol. The van der Waals surface area contributed by atoms with E-state index in [9.17, 15) is 14.0 Å². The van der Waals surface area contributed by atoms with Crippen LogP contribution >= 0.6 is 15.9 Å². The number of aliphatic carboxylic acids is 1. The van der Waals surface area contributed by atoms with Crippen LogP contribution in [0.2, 0.25) is 0 Å². The van der Waals surface area contributed by atoms with Gasteiger partial charge in [0.15, 0.2) is 0 Å².